The van der Waals surface area contributed by atoms with Crippen molar-refractivity contribution in [2.45, 2.75) is 42.9 Å². The van der Waals surface area contributed by atoms with E-state index in [4.69, 9.17) is 24.1 Å². The average molecular weight is 446 g/mol. The van der Waals surface area contributed by atoms with E-state index in [9.17, 15) is 24.9 Å². The predicted molar refractivity (Wildman–Crippen MR) is 106 cm³/mol. The van der Waals surface area contributed by atoms with E-state index >= 15 is 0 Å². The summed E-state index contributed by atoms with van der Waals surface area (Å²) in [6.45, 7) is 0. The normalized spacial score (nSPS) is 32.0. The Bertz CT molecular complexity index is 990. The topological polar surface area (TPSA) is 152 Å². The minimum atomic E-state index is -1.81. The van der Waals surface area contributed by atoms with Crippen LogP contribution < -0.4 is 9.47 Å². The van der Waals surface area contributed by atoms with Crippen LogP contribution in [0.4, 0.5) is 0 Å². The van der Waals surface area contributed by atoms with Crippen LogP contribution in [0.15, 0.2) is 48.5 Å². The van der Waals surface area contributed by atoms with Gasteiger partial charge >= 0.3 is 5.97 Å². The lowest BCUT2D eigenvalue weighted by Crippen LogP contribution is -2.61. The molecule has 7 atom stereocenters. The maximum atomic E-state index is 12.8. The molecule has 0 radical (unpaired) electrons. The van der Waals surface area contributed by atoms with Crippen molar-refractivity contribution in [3.05, 3.63) is 59.7 Å². The Balaban J connectivity index is 1.52. The molecule has 2 aliphatic heterocycles. The molecule has 32 heavy (non-hydrogen) atoms. The van der Waals surface area contributed by atoms with Crippen LogP contribution in [-0.2, 0) is 14.3 Å². The van der Waals surface area contributed by atoms with Gasteiger partial charge in [0.05, 0.1) is 5.56 Å². The van der Waals surface area contributed by atoms with Crippen molar-refractivity contribution in [1.29, 1.82) is 0 Å². The van der Waals surface area contributed by atoms with Crippen LogP contribution in [0.1, 0.15) is 22.0 Å². The molecular formula is C22H22O10. The molecule has 4 N–H and O–H groups in total. The number of carboxylic acids is 1. The van der Waals surface area contributed by atoms with Crippen molar-refractivity contribution in [3.8, 4) is 11.5 Å². The summed E-state index contributed by atoms with van der Waals surface area (Å²) in [5, 5.41) is 38.9. The molecule has 1 fully saturated rings. The van der Waals surface area contributed by atoms with Crippen molar-refractivity contribution in [3.63, 3.8) is 0 Å². The Morgan fingerprint density at radius 2 is 1.66 bits per heavy atom. The Morgan fingerprint density at radius 1 is 0.969 bits per heavy atom. The van der Waals surface area contributed by atoms with Gasteiger partial charge in [0.1, 0.15) is 29.8 Å². The third kappa shape index (κ3) is 3.94. The molecule has 2 heterocycles. The Morgan fingerprint density at radius 3 is 2.31 bits per heavy atom. The summed E-state index contributed by atoms with van der Waals surface area (Å²) in [5.41, 5.74) is 1.06. The molecule has 2 aromatic carbocycles. The molecule has 4 rings (SSSR count). The molecule has 0 aliphatic carbocycles. The molecule has 2 aliphatic rings. The van der Waals surface area contributed by atoms with Gasteiger partial charge < -0.3 is 39.4 Å². The fourth-order valence-corrected chi connectivity index (χ4v) is 3.76. The fraction of sp³-hybridized carbons (Fsp3) is 0.364. The summed E-state index contributed by atoms with van der Waals surface area (Å²) in [6, 6.07) is 13.2. The lowest BCUT2D eigenvalue weighted by atomic mass is 9.93. The summed E-state index contributed by atoms with van der Waals surface area (Å²) in [6.07, 6.45) is -10.1. The molecule has 10 heteroatoms. The van der Waals surface area contributed by atoms with Crippen molar-refractivity contribution < 1.29 is 49.0 Å². The van der Waals surface area contributed by atoms with Crippen LogP contribution in [0.25, 0.3) is 0 Å². The number of aliphatic carboxylic acids is 1. The van der Waals surface area contributed by atoms with Crippen LogP contribution in [-0.4, -0.2) is 76.1 Å². The fourth-order valence-electron chi connectivity index (χ4n) is 3.76. The molecule has 2 unspecified atom stereocenters. The number of aliphatic hydroxyl groups excluding tert-OH is 3. The van der Waals surface area contributed by atoms with E-state index in [2.05, 4.69) is 0 Å². The second-order valence-corrected chi connectivity index (χ2v) is 7.48. The second kappa shape index (κ2) is 8.85. The number of ether oxygens (including phenoxy) is 4. The summed E-state index contributed by atoms with van der Waals surface area (Å²) in [5.74, 6) is -1.06. The van der Waals surface area contributed by atoms with E-state index in [-0.39, 0.29) is 11.5 Å². The summed E-state index contributed by atoms with van der Waals surface area (Å²) < 4.78 is 22.0. The minimum Gasteiger partial charge on any atom is -0.482 e. The molecule has 1 saturated heterocycles. The van der Waals surface area contributed by atoms with E-state index in [1.165, 1.54) is 19.2 Å². The molecular weight excluding hydrogens is 424 g/mol. The Kier molecular flexibility index (Phi) is 6.13. The monoisotopic (exact) mass is 446 g/mol. The standard InChI is InChI=1S/C22H22O10/c1-29-19-14(23)12-4-2-3-5-13(12)31-18(19)10-6-8-11(9-7-10)30-22-17(26)15(24)16(25)20(32-22)21(27)28/h2-9,15-20,22,24-26H,1H3,(H,27,28)/t15-,16-,17+,18?,19?,20-,22+/m0/s1. The lowest BCUT2D eigenvalue weighted by Gasteiger charge is -2.38. The van der Waals surface area contributed by atoms with Gasteiger partial charge in [0.15, 0.2) is 24.1 Å². The largest absolute Gasteiger partial charge is 0.482 e. The number of rotatable bonds is 5. The van der Waals surface area contributed by atoms with Crippen molar-refractivity contribution >= 4 is 11.8 Å². The first-order chi connectivity index (χ1) is 15.3. The van der Waals surface area contributed by atoms with Gasteiger partial charge in [0.2, 0.25) is 6.29 Å². The average Bonchev–Trinajstić information content (AvgIpc) is 2.79. The maximum Gasteiger partial charge on any atom is 0.335 e. The molecule has 0 aromatic heterocycles. The zero-order chi connectivity index (χ0) is 23.0. The molecule has 170 valence electrons. The van der Waals surface area contributed by atoms with Crippen LogP contribution >= 0.6 is 0 Å². The highest BCUT2D eigenvalue weighted by atomic mass is 16.7. The highest BCUT2D eigenvalue weighted by molar-refractivity contribution is 6.03. The SMILES string of the molecule is COC1C(=O)c2ccccc2OC1c1ccc(O[C@@H]2O[C@H](C(=O)O)[C@@H](O)[C@H](O)[C@H]2O)cc1. The summed E-state index contributed by atoms with van der Waals surface area (Å²) in [7, 11) is 1.42. The number of carboxylic acid groups (broad SMARTS) is 1. The minimum absolute atomic E-state index is 0.196. The number of para-hydroxylation sites is 1. The maximum absolute atomic E-state index is 12.8. The van der Waals surface area contributed by atoms with E-state index in [1.807, 2.05) is 0 Å². The lowest BCUT2D eigenvalue weighted by molar-refractivity contribution is -0.271. The number of fused-ring (bicyclic) bond motifs is 1. The van der Waals surface area contributed by atoms with Crippen molar-refractivity contribution in [1.82, 2.24) is 0 Å². The van der Waals surface area contributed by atoms with Crippen LogP contribution in [0.2, 0.25) is 0 Å². The molecule has 10 nitrogen and oxygen atoms in total. The highest BCUT2D eigenvalue weighted by Crippen LogP contribution is 2.37. The van der Waals surface area contributed by atoms with Crippen molar-refractivity contribution in [2.75, 3.05) is 7.11 Å². The quantitative estimate of drug-likeness (QED) is 0.504. The Hall–Kier alpha value is -3.02. The van der Waals surface area contributed by atoms with Crippen molar-refractivity contribution in [2.24, 2.45) is 0 Å². The number of carbonyl (C=O) groups is 2. The number of aliphatic hydroxyl groups is 3. The van der Waals surface area contributed by atoms with E-state index in [0.717, 1.165) is 0 Å². The van der Waals surface area contributed by atoms with Gasteiger partial charge in [-0.1, -0.05) is 24.3 Å². The number of methoxy groups -OCH3 is 1. The second-order valence-electron chi connectivity index (χ2n) is 7.48. The third-order valence-electron chi connectivity index (χ3n) is 5.47. The van der Waals surface area contributed by atoms with Crippen LogP contribution in [0.3, 0.4) is 0 Å². The first kappa shape index (κ1) is 22.2. The zero-order valence-electron chi connectivity index (χ0n) is 16.9. The van der Waals surface area contributed by atoms with Gasteiger partial charge in [0, 0.05) is 7.11 Å². The molecule has 0 spiro atoms. The summed E-state index contributed by atoms with van der Waals surface area (Å²) in [4.78, 5) is 24.0. The highest BCUT2D eigenvalue weighted by Gasteiger charge is 2.48. The van der Waals surface area contributed by atoms with Gasteiger partial charge in [-0.25, -0.2) is 4.79 Å². The first-order valence-corrected chi connectivity index (χ1v) is 9.83. The third-order valence-corrected chi connectivity index (χ3v) is 5.47. The number of Topliss-reactive ketones (excluding diaryl/α,β-unsaturated/α-hetero) is 1. The van der Waals surface area contributed by atoms with Gasteiger partial charge in [0.25, 0.3) is 0 Å². The molecule has 0 amide bonds. The number of benzene rings is 2. The first-order valence-electron chi connectivity index (χ1n) is 9.83. The van der Waals surface area contributed by atoms with Crippen LogP contribution in [0.5, 0.6) is 11.5 Å². The smallest absolute Gasteiger partial charge is 0.335 e. The zero-order valence-corrected chi connectivity index (χ0v) is 16.9. The van der Waals surface area contributed by atoms with E-state index in [0.29, 0.717) is 16.9 Å². The van der Waals surface area contributed by atoms with Gasteiger partial charge in [-0.05, 0) is 29.8 Å². The van der Waals surface area contributed by atoms with Gasteiger partial charge in [-0.3, -0.25) is 4.79 Å². The van der Waals surface area contributed by atoms with E-state index in [1.54, 1.807) is 36.4 Å². The van der Waals surface area contributed by atoms with Gasteiger partial charge in [-0.15, -0.1) is 0 Å². The Labute approximate surface area is 182 Å². The van der Waals surface area contributed by atoms with Crippen LogP contribution in [0, 0.1) is 0 Å². The number of carbonyl (C=O) groups excluding carboxylic acids is 1. The molecule has 0 saturated carbocycles. The van der Waals surface area contributed by atoms with E-state index < -0.39 is 48.9 Å². The molecule has 2 aromatic rings. The number of hydrogen-bond acceptors (Lipinski definition) is 9. The summed E-state index contributed by atoms with van der Waals surface area (Å²) >= 11 is 0. The predicted octanol–water partition coefficient (Wildman–Crippen LogP) is 0.289. The van der Waals surface area contributed by atoms with Gasteiger partial charge in [-0.2, -0.15) is 0 Å². The number of ketones is 1. The number of hydrogen-bond donors (Lipinski definition) is 4. The molecule has 0 bridgehead atoms.